The average Bonchev–Trinajstić information content (AvgIpc) is 3.65. The van der Waals surface area contributed by atoms with E-state index in [0.717, 1.165) is 0 Å². The maximum Gasteiger partial charge on any atom is 0.354 e. The number of piperazine rings is 1. The zero-order chi connectivity index (χ0) is 30.2. The molecule has 1 aromatic carbocycles. The molecule has 0 bridgehead atoms. The van der Waals surface area contributed by atoms with Gasteiger partial charge >= 0.3 is 18.0 Å². The number of amides is 2. The number of halogens is 2. The van der Waals surface area contributed by atoms with E-state index in [1.54, 1.807) is 22.1 Å². The Labute approximate surface area is 254 Å². The number of ether oxygens (including phenoxy) is 1. The Hall–Kier alpha value is -4.40. The van der Waals surface area contributed by atoms with Gasteiger partial charge < -0.3 is 20.1 Å². The van der Waals surface area contributed by atoms with Crippen LogP contribution < -0.4 is 10.2 Å². The van der Waals surface area contributed by atoms with E-state index >= 15 is 0 Å². The van der Waals surface area contributed by atoms with E-state index in [4.69, 9.17) is 26.4 Å². The van der Waals surface area contributed by atoms with Gasteiger partial charge in [-0.2, -0.15) is 0 Å². The third kappa shape index (κ3) is 5.56. The van der Waals surface area contributed by atoms with Crippen LogP contribution in [-0.2, 0) is 9.53 Å². The Balaban J connectivity index is 1.28. The van der Waals surface area contributed by atoms with Crippen LogP contribution in [0.4, 0.5) is 14.9 Å². The van der Waals surface area contributed by atoms with Gasteiger partial charge in [0.15, 0.2) is 10.8 Å². The molecule has 2 fully saturated rings. The van der Waals surface area contributed by atoms with Crippen molar-refractivity contribution in [1.29, 1.82) is 0 Å². The Morgan fingerprint density at radius 1 is 1.21 bits per heavy atom. The molecule has 2 amide bonds. The van der Waals surface area contributed by atoms with Crippen molar-refractivity contribution in [2.45, 2.75) is 12.1 Å². The summed E-state index contributed by atoms with van der Waals surface area (Å²) >= 11 is 7.82. The second-order valence-corrected chi connectivity index (χ2v) is 11.4. The lowest BCUT2D eigenvalue weighted by molar-refractivity contribution is -0.136. The van der Waals surface area contributed by atoms with Crippen molar-refractivity contribution in [1.82, 2.24) is 25.1 Å². The summed E-state index contributed by atoms with van der Waals surface area (Å²) in [5.74, 6) is -1.81. The predicted octanol–water partition coefficient (Wildman–Crippen LogP) is 3.17. The molecule has 5 heterocycles. The van der Waals surface area contributed by atoms with Crippen LogP contribution in [0.3, 0.4) is 0 Å². The first-order valence-corrected chi connectivity index (χ1v) is 14.5. The van der Waals surface area contributed by atoms with E-state index in [-0.39, 0.29) is 28.4 Å². The minimum absolute atomic E-state index is 0.102. The highest BCUT2D eigenvalue weighted by molar-refractivity contribution is 7.11. The number of esters is 1. The standard InChI is InChI=1S/C28H25ClFN7O5S/c1-42-27(40)22-21(33-24(25-31-6-9-43-25)34-23(22)18-4-2-15(30)10-19(18)29)14-35-7-8-36-17(12-35)13-37(28(36)41)16-3-5-20(26(38)39)32-11-16/h2-6,9-11,17,23H,7-8,12-14H2,1H3,(H,33,34)(H,38,39). The summed E-state index contributed by atoms with van der Waals surface area (Å²) in [7, 11) is 1.28. The summed E-state index contributed by atoms with van der Waals surface area (Å²) in [6.45, 7) is 2.17. The number of nitrogens with one attached hydrogen (secondary N) is 1. The summed E-state index contributed by atoms with van der Waals surface area (Å²) in [6, 6.07) is 5.69. The van der Waals surface area contributed by atoms with Gasteiger partial charge in [0.25, 0.3) is 0 Å². The highest BCUT2D eigenvalue weighted by Gasteiger charge is 2.42. The molecule has 3 aromatic rings. The van der Waals surface area contributed by atoms with Gasteiger partial charge in [0.2, 0.25) is 0 Å². The predicted molar refractivity (Wildman–Crippen MR) is 156 cm³/mol. The molecule has 43 heavy (non-hydrogen) atoms. The number of carboxylic acid groups (broad SMARTS) is 1. The van der Waals surface area contributed by atoms with E-state index in [1.807, 2.05) is 5.38 Å². The number of pyridine rings is 1. The number of aromatic carboxylic acids is 1. The maximum atomic E-state index is 13.9. The summed E-state index contributed by atoms with van der Waals surface area (Å²) in [6.07, 6.45) is 3.03. The number of amidine groups is 1. The first-order chi connectivity index (χ1) is 20.7. The zero-order valence-corrected chi connectivity index (χ0v) is 24.3. The number of carboxylic acids is 1. The smallest absolute Gasteiger partial charge is 0.354 e. The minimum Gasteiger partial charge on any atom is -0.477 e. The SMILES string of the molecule is COC(=O)C1=C(CN2CCN3C(=O)N(c4ccc(C(=O)O)nc4)CC3C2)NC(c2nccs2)=NC1c1ccc(F)cc1Cl. The van der Waals surface area contributed by atoms with Gasteiger partial charge in [-0.3, -0.25) is 14.8 Å². The summed E-state index contributed by atoms with van der Waals surface area (Å²) in [4.78, 5) is 56.2. The molecular formula is C28H25ClFN7O5S. The van der Waals surface area contributed by atoms with E-state index in [2.05, 4.69) is 20.2 Å². The fourth-order valence-corrected chi connectivity index (χ4v) is 6.35. The monoisotopic (exact) mass is 625 g/mol. The molecule has 15 heteroatoms. The lowest BCUT2D eigenvalue weighted by Crippen LogP contribution is -2.53. The molecule has 0 aliphatic carbocycles. The van der Waals surface area contributed by atoms with Crippen molar-refractivity contribution in [3.05, 3.63) is 86.5 Å². The average molecular weight is 626 g/mol. The molecule has 2 unspecified atom stereocenters. The number of benzene rings is 1. The second kappa shape index (κ2) is 11.7. The summed E-state index contributed by atoms with van der Waals surface area (Å²) in [5, 5.41) is 15.0. The highest BCUT2D eigenvalue weighted by Crippen LogP contribution is 2.37. The van der Waals surface area contributed by atoms with Gasteiger partial charge in [0.1, 0.15) is 17.6 Å². The van der Waals surface area contributed by atoms with Crippen molar-refractivity contribution < 1.29 is 28.6 Å². The third-order valence-electron chi connectivity index (χ3n) is 7.52. The molecule has 2 N–H and O–H groups in total. The number of nitrogens with zero attached hydrogens (tertiary/aromatic N) is 6. The molecular weight excluding hydrogens is 601 g/mol. The van der Waals surface area contributed by atoms with Gasteiger partial charge in [-0.05, 0) is 24.3 Å². The summed E-state index contributed by atoms with van der Waals surface area (Å²) in [5.41, 5.74) is 1.65. The first-order valence-electron chi connectivity index (χ1n) is 13.2. The topological polar surface area (TPSA) is 141 Å². The molecule has 3 aliphatic rings. The van der Waals surface area contributed by atoms with E-state index in [0.29, 0.717) is 60.5 Å². The molecule has 222 valence electrons. The number of methoxy groups -OCH3 is 1. The number of rotatable bonds is 7. The molecule has 2 atom stereocenters. The molecule has 2 aromatic heterocycles. The van der Waals surface area contributed by atoms with Crippen LogP contribution in [0.15, 0.2) is 64.4 Å². The number of aromatic nitrogens is 2. The number of thiazole rings is 1. The lowest BCUT2D eigenvalue weighted by atomic mass is 9.95. The van der Waals surface area contributed by atoms with E-state index in [1.165, 1.54) is 48.9 Å². The quantitative estimate of drug-likeness (QED) is 0.379. The second-order valence-electron chi connectivity index (χ2n) is 10.1. The van der Waals surface area contributed by atoms with Crippen molar-refractivity contribution in [2.24, 2.45) is 4.99 Å². The first kappa shape index (κ1) is 28.7. The van der Waals surface area contributed by atoms with Crippen molar-refractivity contribution in [2.75, 3.05) is 44.7 Å². The fraction of sp³-hybridized carbons (Fsp3) is 0.286. The van der Waals surface area contributed by atoms with Gasteiger partial charge in [-0.1, -0.05) is 17.7 Å². The highest BCUT2D eigenvalue weighted by atomic mass is 35.5. The van der Waals surface area contributed by atoms with E-state index in [9.17, 15) is 18.8 Å². The summed E-state index contributed by atoms with van der Waals surface area (Å²) < 4.78 is 19.1. The molecule has 6 rings (SSSR count). The molecule has 0 saturated carbocycles. The van der Waals surface area contributed by atoms with E-state index < -0.39 is 23.8 Å². The molecule has 2 saturated heterocycles. The van der Waals surface area contributed by atoms with Gasteiger partial charge in [-0.25, -0.2) is 28.7 Å². The van der Waals surface area contributed by atoms with Crippen molar-refractivity contribution in [3.63, 3.8) is 0 Å². The third-order valence-corrected chi connectivity index (χ3v) is 8.63. The largest absolute Gasteiger partial charge is 0.477 e. The van der Waals surface area contributed by atoms with Crippen LogP contribution >= 0.6 is 22.9 Å². The van der Waals surface area contributed by atoms with Crippen molar-refractivity contribution in [3.8, 4) is 0 Å². The lowest BCUT2D eigenvalue weighted by Gasteiger charge is -2.38. The molecule has 0 spiro atoms. The Bertz CT molecular complexity index is 1650. The number of anilines is 1. The number of fused-ring (bicyclic) bond motifs is 1. The number of hydrogen-bond donors (Lipinski definition) is 2. The minimum atomic E-state index is -1.14. The van der Waals surface area contributed by atoms with Crippen LogP contribution in [0.5, 0.6) is 0 Å². The molecule has 12 nitrogen and oxygen atoms in total. The Morgan fingerprint density at radius 2 is 2.05 bits per heavy atom. The van der Waals surface area contributed by atoms with Crippen LogP contribution in [0.1, 0.15) is 27.1 Å². The van der Waals surface area contributed by atoms with Gasteiger partial charge in [0, 0.05) is 60.6 Å². The van der Waals surface area contributed by atoms with Crippen molar-refractivity contribution >= 4 is 52.4 Å². The number of carbonyl (C=O) groups is 3. The van der Waals surface area contributed by atoms with Crippen LogP contribution in [0, 0.1) is 5.82 Å². The zero-order valence-electron chi connectivity index (χ0n) is 22.7. The molecule has 0 radical (unpaired) electrons. The van der Waals surface area contributed by atoms with Gasteiger partial charge in [-0.15, -0.1) is 11.3 Å². The Morgan fingerprint density at radius 3 is 2.72 bits per heavy atom. The fourth-order valence-electron chi connectivity index (χ4n) is 5.50. The van der Waals surface area contributed by atoms with Gasteiger partial charge in [0.05, 0.1) is 30.6 Å². The maximum absolute atomic E-state index is 13.9. The molecule has 3 aliphatic heterocycles. The Kier molecular flexibility index (Phi) is 7.81. The van der Waals surface area contributed by atoms with Crippen LogP contribution in [0.25, 0.3) is 0 Å². The normalized spacial score (nSPS) is 20.5. The van der Waals surface area contributed by atoms with Crippen LogP contribution in [0.2, 0.25) is 5.02 Å². The number of carbonyl (C=O) groups excluding carboxylic acids is 2. The number of urea groups is 1. The number of hydrogen-bond acceptors (Lipinski definition) is 10. The number of aliphatic imine (C=N–C) groups is 1. The van der Waals surface area contributed by atoms with Crippen LogP contribution in [-0.4, -0.2) is 94.6 Å².